The molecule has 0 fully saturated rings. The number of ether oxygens (including phenoxy) is 3. The van der Waals surface area contributed by atoms with Crippen molar-refractivity contribution in [2.24, 2.45) is 0 Å². The Bertz CT molecular complexity index is 897. The molecule has 0 aliphatic rings. The Morgan fingerprint density at radius 2 is 1.67 bits per heavy atom. The average molecular weight is 416 g/mol. The number of anilines is 1. The summed E-state index contributed by atoms with van der Waals surface area (Å²) in [5.74, 6) is 0.952. The van der Waals surface area contributed by atoms with Gasteiger partial charge in [0.25, 0.3) is 5.69 Å². The van der Waals surface area contributed by atoms with Gasteiger partial charge in [0, 0.05) is 6.07 Å². The van der Waals surface area contributed by atoms with Crippen LogP contribution in [0.3, 0.4) is 0 Å². The number of nitrogens with one attached hydrogen (secondary N) is 1. The number of rotatable bonds is 11. The zero-order chi connectivity index (χ0) is 22.1. The van der Waals surface area contributed by atoms with Gasteiger partial charge in [-0.25, -0.2) is 0 Å². The molecule has 0 aliphatic heterocycles. The lowest BCUT2D eigenvalue weighted by molar-refractivity contribution is -0.384. The van der Waals surface area contributed by atoms with Crippen LogP contribution in [0.1, 0.15) is 37.8 Å². The molecule has 1 N–H and O–H groups in total. The third kappa shape index (κ3) is 6.10. The molecule has 0 atom stereocenters. The lowest BCUT2D eigenvalue weighted by atomic mass is 10.1. The van der Waals surface area contributed by atoms with Crippen LogP contribution in [0.25, 0.3) is 0 Å². The highest BCUT2D eigenvalue weighted by Crippen LogP contribution is 2.38. The molecule has 0 saturated carbocycles. The molecular weight excluding hydrogens is 388 g/mol. The van der Waals surface area contributed by atoms with Gasteiger partial charge in [-0.2, -0.15) is 0 Å². The van der Waals surface area contributed by atoms with Gasteiger partial charge in [-0.05, 0) is 37.0 Å². The molecule has 2 aromatic carbocycles. The quantitative estimate of drug-likeness (QED) is 0.422. The molecule has 0 heterocycles. The van der Waals surface area contributed by atoms with E-state index in [4.69, 9.17) is 14.2 Å². The topological polar surface area (TPSA) is 99.9 Å². The highest BCUT2D eigenvalue weighted by molar-refractivity contribution is 5.95. The van der Waals surface area contributed by atoms with Crippen molar-refractivity contribution in [1.82, 2.24) is 0 Å². The van der Waals surface area contributed by atoms with E-state index >= 15 is 0 Å². The fourth-order valence-electron chi connectivity index (χ4n) is 2.80. The second-order valence-corrected chi connectivity index (χ2v) is 6.80. The predicted molar refractivity (Wildman–Crippen MR) is 115 cm³/mol. The number of carbonyl (C=O) groups is 1. The molecule has 2 aromatic rings. The molecular formula is C22H28N2O6. The van der Waals surface area contributed by atoms with Crippen molar-refractivity contribution in [3.63, 3.8) is 0 Å². The maximum absolute atomic E-state index is 12.6. The van der Waals surface area contributed by atoms with E-state index in [9.17, 15) is 14.9 Å². The summed E-state index contributed by atoms with van der Waals surface area (Å²) in [4.78, 5) is 23.6. The molecule has 0 unspecified atom stereocenters. The van der Waals surface area contributed by atoms with E-state index in [-0.39, 0.29) is 23.7 Å². The second kappa shape index (κ2) is 11.0. The number of carbonyl (C=O) groups excluding carboxylic acids is 1. The maximum Gasteiger partial charge on any atom is 0.296 e. The highest BCUT2D eigenvalue weighted by atomic mass is 16.6. The molecule has 0 bridgehead atoms. The van der Waals surface area contributed by atoms with Crippen molar-refractivity contribution in [3.8, 4) is 17.2 Å². The molecule has 0 aromatic heterocycles. The molecule has 0 spiro atoms. The first kappa shape index (κ1) is 23.0. The fourth-order valence-corrected chi connectivity index (χ4v) is 2.80. The Labute approximate surface area is 176 Å². The van der Waals surface area contributed by atoms with Crippen molar-refractivity contribution < 1.29 is 23.9 Å². The van der Waals surface area contributed by atoms with Crippen molar-refractivity contribution in [2.75, 3.05) is 25.6 Å². The number of hydrogen-bond acceptors (Lipinski definition) is 6. The summed E-state index contributed by atoms with van der Waals surface area (Å²) in [7, 11) is 1.57. The first-order valence-electron chi connectivity index (χ1n) is 9.90. The molecule has 8 heteroatoms. The molecule has 2 rings (SSSR count). The van der Waals surface area contributed by atoms with Crippen LogP contribution >= 0.6 is 0 Å². The summed E-state index contributed by atoms with van der Waals surface area (Å²) in [5, 5.41) is 14.2. The molecule has 8 nitrogen and oxygen atoms in total. The van der Waals surface area contributed by atoms with E-state index in [1.165, 1.54) is 12.1 Å². The van der Waals surface area contributed by atoms with Gasteiger partial charge < -0.3 is 19.5 Å². The minimum atomic E-state index is -0.549. The van der Waals surface area contributed by atoms with Crippen LogP contribution in [0.4, 0.5) is 11.4 Å². The normalized spacial score (nSPS) is 10.4. The summed E-state index contributed by atoms with van der Waals surface area (Å²) < 4.78 is 16.6. The Morgan fingerprint density at radius 1 is 1.03 bits per heavy atom. The van der Waals surface area contributed by atoms with Crippen molar-refractivity contribution in [2.45, 2.75) is 40.0 Å². The maximum atomic E-state index is 12.6. The van der Waals surface area contributed by atoms with Gasteiger partial charge in [0.1, 0.15) is 11.4 Å². The van der Waals surface area contributed by atoms with Gasteiger partial charge in [0.05, 0.1) is 37.7 Å². The average Bonchev–Trinajstić information content (AvgIpc) is 2.72. The zero-order valence-corrected chi connectivity index (χ0v) is 17.8. The van der Waals surface area contributed by atoms with Gasteiger partial charge in [0.2, 0.25) is 5.91 Å². The van der Waals surface area contributed by atoms with Crippen molar-refractivity contribution in [3.05, 3.63) is 51.6 Å². The first-order chi connectivity index (χ1) is 14.4. The number of benzene rings is 2. The summed E-state index contributed by atoms with van der Waals surface area (Å²) in [6, 6.07) is 8.21. The van der Waals surface area contributed by atoms with E-state index < -0.39 is 4.92 Å². The van der Waals surface area contributed by atoms with E-state index in [0.717, 1.165) is 24.0 Å². The molecule has 162 valence electrons. The largest absolute Gasteiger partial charge is 0.496 e. The number of nitro groups is 1. The van der Waals surface area contributed by atoms with Gasteiger partial charge >= 0.3 is 0 Å². The van der Waals surface area contributed by atoms with Crippen LogP contribution in [-0.2, 0) is 11.2 Å². The molecule has 0 saturated heterocycles. The Morgan fingerprint density at radius 3 is 2.23 bits per heavy atom. The van der Waals surface area contributed by atoms with Gasteiger partial charge in [-0.15, -0.1) is 0 Å². The standard InChI is InChI=1S/C22H28N2O6/c1-5-9-29-20-13-17(18(24(26)27)14-21(20)30-10-6-2)23-22(25)12-16-8-7-15(3)19(11-16)28-4/h7-8,11,13-14H,5-6,9-10,12H2,1-4H3,(H,23,25). The number of aryl methyl sites for hydroxylation is 1. The fraction of sp³-hybridized carbons (Fsp3) is 0.409. The van der Waals surface area contributed by atoms with E-state index in [2.05, 4.69) is 5.32 Å². The summed E-state index contributed by atoms with van der Waals surface area (Å²) in [6.07, 6.45) is 1.56. The van der Waals surface area contributed by atoms with Gasteiger partial charge in [0.15, 0.2) is 11.5 Å². The first-order valence-corrected chi connectivity index (χ1v) is 9.90. The lowest BCUT2D eigenvalue weighted by Crippen LogP contribution is -2.16. The number of amides is 1. The highest BCUT2D eigenvalue weighted by Gasteiger charge is 2.22. The van der Waals surface area contributed by atoms with Gasteiger partial charge in [-0.1, -0.05) is 26.0 Å². The van der Waals surface area contributed by atoms with E-state index in [0.29, 0.717) is 30.5 Å². The predicted octanol–water partition coefficient (Wildman–Crippen LogP) is 4.67. The van der Waals surface area contributed by atoms with Crippen molar-refractivity contribution >= 4 is 17.3 Å². The minimum Gasteiger partial charge on any atom is -0.496 e. The molecule has 0 radical (unpaired) electrons. The van der Waals surface area contributed by atoms with Crippen LogP contribution in [0.15, 0.2) is 30.3 Å². The van der Waals surface area contributed by atoms with Crippen LogP contribution in [0.5, 0.6) is 17.2 Å². The lowest BCUT2D eigenvalue weighted by Gasteiger charge is -2.15. The summed E-state index contributed by atoms with van der Waals surface area (Å²) in [5.41, 5.74) is 1.51. The Kier molecular flexibility index (Phi) is 8.46. The SMILES string of the molecule is CCCOc1cc(NC(=O)Cc2ccc(C)c(OC)c2)c([N+](=O)[O-])cc1OCCC. The third-order valence-corrected chi connectivity index (χ3v) is 4.29. The van der Waals surface area contributed by atoms with E-state index in [1.807, 2.05) is 32.9 Å². The van der Waals surface area contributed by atoms with Gasteiger partial charge in [-0.3, -0.25) is 14.9 Å². The van der Waals surface area contributed by atoms with Crippen LogP contribution in [0, 0.1) is 17.0 Å². The summed E-state index contributed by atoms with van der Waals surface area (Å²) >= 11 is 0. The molecule has 1 amide bonds. The van der Waals surface area contributed by atoms with Crippen LogP contribution in [-0.4, -0.2) is 31.2 Å². The number of nitrogens with zero attached hydrogens (tertiary/aromatic N) is 1. The Balaban J connectivity index is 2.29. The zero-order valence-electron chi connectivity index (χ0n) is 17.8. The van der Waals surface area contributed by atoms with Crippen molar-refractivity contribution in [1.29, 1.82) is 0 Å². The number of nitro benzene ring substituents is 1. The number of methoxy groups -OCH3 is 1. The summed E-state index contributed by atoms with van der Waals surface area (Å²) in [6.45, 7) is 6.63. The second-order valence-electron chi connectivity index (χ2n) is 6.80. The minimum absolute atomic E-state index is 0.0486. The Hall–Kier alpha value is -3.29. The molecule has 30 heavy (non-hydrogen) atoms. The smallest absolute Gasteiger partial charge is 0.296 e. The van der Waals surface area contributed by atoms with Crippen LogP contribution in [0.2, 0.25) is 0 Å². The monoisotopic (exact) mass is 416 g/mol. The third-order valence-electron chi connectivity index (χ3n) is 4.29. The van der Waals surface area contributed by atoms with E-state index in [1.54, 1.807) is 13.2 Å². The number of hydrogen-bond donors (Lipinski definition) is 1. The van der Waals surface area contributed by atoms with Crippen LogP contribution < -0.4 is 19.5 Å². The molecule has 0 aliphatic carbocycles.